The van der Waals surface area contributed by atoms with Gasteiger partial charge in [-0.1, -0.05) is 60.7 Å². The van der Waals surface area contributed by atoms with E-state index in [1.165, 1.54) is 0 Å². The number of rotatable bonds is 11. The zero-order valence-corrected chi connectivity index (χ0v) is 26.5. The molecule has 2 aromatic carbocycles. The van der Waals surface area contributed by atoms with Gasteiger partial charge in [-0.15, -0.1) is 0 Å². The van der Waals surface area contributed by atoms with Crippen LogP contribution in [0.15, 0.2) is 67.4 Å². The maximum atomic E-state index is 13.7. The number of aromatic nitrogens is 4. The predicted molar refractivity (Wildman–Crippen MR) is 180 cm³/mol. The number of hydrogen-bond donors (Lipinski definition) is 3. The summed E-state index contributed by atoms with van der Waals surface area (Å²) in [5, 5.41) is 10.0. The number of benzene rings is 2. The largest absolute Gasteiger partial charge is 0.481 e. The number of nitrogens with one attached hydrogen (secondary N) is 3. The van der Waals surface area contributed by atoms with Crippen LogP contribution in [0.25, 0.3) is 39.5 Å². The number of carbonyl (C=O) groups excluding carboxylic acids is 1. The molecule has 0 unspecified atom stereocenters. The number of hydrogen-bond acceptors (Lipinski definition) is 8. The molecule has 1 aliphatic rings. The Balaban J connectivity index is 1.29. The molecule has 3 N–H and O–H groups in total. The monoisotopic (exact) mass is 655 g/mol. The standard InChI is InChI=1S/C35H32ClF2N7O2/c1-4-20-15-28-31(40-16-20)33(45-34(43-28)32(37)38)42-26-10-6-7-23(19(26)2)24-8-5-9-25(30(24)36)27-13-11-21(35(44-27)47-3)17-39-18-22-12-14-29(46)41-22/h4-11,13,15-16,22,32,39H,1,12,14,17-18H2,2-3H3,(H,41,46)(H,42,43,45)/t22-/m0/s1. The second-order valence-corrected chi connectivity index (χ2v) is 11.5. The summed E-state index contributed by atoms with van der Waals surface area (Å²) in [5.41, 5.74) is 6.61. The predicted octanol–water partition coefficient (Wildman–Crippen LogP) is 7.42. The zero-order chi connectivity index (χ0) is 33.1. The lowest BCUT2D eigenvalue weighted by Crippen LogP contribution is -2.35. The van der Waals surface area contributed by atoms with Crippen molar-refractivity contribution in [1.82, 2.24) is 30.6 Å². The number of halogens is 3. The van der Waals surface area contributed by atoms with Crippen LogP contribution in [0.4, 0.5) is 20.3 Å². The van der Waals surface area contributed by atoms with Gasteiger partial charge in [0.15, 0.2) is 11.6 Å². The molecule has 0 aliphatic carbocycles. The first-order valence-electron chi connectivity index (χ1n) is 15.0. The van der Waals surface area contributed by atoms with Crippen LogP contribution in [0.5, 0.6) is 5.88 Å². The lowest BCUT2D eigenvalue weighted by molar-refractivity contribution is -0.119. The van der Waals surface area contributed by atoms with E-state index in [2.05, 4.69) is 37.5 Å². The number of ether oxygens (including phenoxy) is 1. The summed E-state index contributed by atoms with van der Waals surface area (Å²) in [6.07, 6.45) is 1.68. The third kappa shape index (κ3) is 6.77. The molecule has 0 radical (unpaired) electrons. The summed E-state index contributed by atoms with van der Waals surface area (Å²) >= 11 is 7.06. The van der Waals surface area contributed by atoms with E-state index in [4.69, 9.17) is 21.3 Å². The summed E-state index contributed by atoms with van der Waals surface area (Å²) in [6, 6.07) is 17.0. The fraction of sp³-hybridized carbons (Fsp3) is 0.229. The molecule has 4 heterocycles. The van der Waals surface area contributed by atoms with Crippen LogP contribution >= 0.6 is 11.6 Å². The smallest absolute Gasteiger partial charge is 0.297 e. The van der Waals surface area contributed by atoms with Crippen molar-refractivity contribution in [3.63, 3.8) is 0 Å². The minimum absolute atomic E-state index is 0.0837. The van der Waals surface area contributed by atoms with Gasteiger partial charge in [0.05, 0.1) is 23.3 Å². The van der Waals surface area contributed by atoms with Gasteiger partial charge in [-0.2, -0.15) is 0 Å². The third-order valence-corrected chi connectivity index (χ3v) is 8.49. The normalized spacial score (nSPS) is 14.4. The van der Waals surface area contributed by atoms with Gasteiger partial charge in [-0.25, -0.2) is 23.7 Å². The summed E-state index contributed by atoms with van der Waals surface area (Å²) in [7, 11) is 1.58. The van der Waals surface area contributed by atoms with E-state index in [0.29, 0.717) is 52.9 Å². The molecule has 1 saturated heterocycles. The number of nitrogens with zero attached hydrogens (tertiary/aromatic N) is 4. The second kappa shape index (κ2) is 13.8. The number of fused-ring (bicyclic) bond motifs is 1. The van der Waals surface area contributed by atoms with Crippen molar-refractivity contribution < 1.29 is 18.3 Å². The highest BCUT2D eigenvalue weighted by Crippen LogP contribution is 2.40. The van der Waals surface area contributed by atoms with Crippen molar-refractivity contribution in [2.75, 3.05) is 19.0 Å². The van der Waals surface area contributed by atoms with Crippen molar-refractivity contribution in [1.29, 1.82) is 0 Å². The molecular weight excluding hydrogens is 624 g/mol. The number of anilines is 2. The Morgan fingerprint density at radius 3 is 2.64 bits per heavy atom. The highest BCUT2D eigenvalue weighted by Gasteiger charge is 2.21. The molecule has 1 amide bonds. The Morgan fingerprint density at radius 1 is 1.11 bits per heavy atom. The van der Waals surface area contributed by atoms with Crippen LogP contribution < -0.4 is 20.7 Å². The molecule has 6 rings (SSSR count). The third-order valence-electron chi connectivity index (χ3n) is 8.08. The molecule has 240 valence electrons. The molecule has 3 aromatic heterocycles. The SMILES string of the molecule is C=Cc1cnc2c(Nc3cccc(-c4cccc(-c5ccc(CNC[C@@H]6CCC(=O)N6)c(OC)n5)c4Cl)c3C)nc(C(F)F)nc2c1. The van der Waals surface area contributed by atoms with E-state index < -0.39 is 12.2 Å². The van der Waals surface area contributed by atoms with Crippen molar-refractivity contribution in [3.8, 4) is 28.3 Å². The Kier molecular flexibility index (Phi) is 9.37. The molecule has 9 nitrogen and oxygen atoms in total. The van der Waals surface area contributed by atoms with E-state index in [0.717, 1.165) is 34.2 Å². The van der Waals surface area contributed by atoms with Gasteiger partial charge >= 0.3 is 0 Å². The number of carbonyl (C=O) groups is 1. The van der Waals surface area contributed by atoms with E-state index in [1.807, 2.05) is 55.5 Å². The lowest BCUT2D eigenvalue weighted by atomic mass is 9.96. The maximum Gasteiger partial charge on any atom is 0.297 e. The lowest BCUT2D eigenvalue weighted by Gasteiger charge is -2.17. The Hall–Kier alpha value is -5.00. The van der Waals surface area contributed by atoms with E-state index in [9.17, 15) is 13.6 Å². The maximum absolute atomic E-state index is 13.7. The Morgan fingerprint density at radius 2 is 1.89 bits per heavy atom. The molecule has 0 bridgehead atoms. The minimum Gasteiger partial charge on any atom is -0.481 e. The van der Waals surface area contributed by atoms with Crippen LogP contribution in [0.1, 0.15) is 41.8 Å². The summed E-state index contributed by atoms with van der Waals surface area (Å²) in [4.78, 5) is 28.8. The van der Waals surface area contributed by atoms with Gasteiger partial charge in [0.1, 0.15) is 5.52 Å². The number of alkyl halides is 2. The Labute approximate surface area is 275 Å². The summed E-state index contributed by atoms with van der Waals surface area (Å²) < 4.78 is 33.1. The van der Waals surface area contributed by atoms with Gasteiger partial charge in [-0.05, 0) is 48.2 Å². The molecule has 0 spiro atoms. The number of methoxy groups -OCH3 is 1. The first kappa shape index (κ1) is 32.0. The zero-order valence-electron chi connectivity index (χ0n) is 25.8. The van der Waals surface area contributed by atoms with Crippen LogP contribution in [0.2, 0.25) is 5.02 Å². The van der Waals surface area contributed by atoms with Crippen molar-refractivity contribution in [2.45, 2.75) is 38.8 Å². The van der Waals surface area contributed by atoms with Gasteiger partial charge in [0.2, 0.25) is 11.8 Å². The van der Waals surface area contributed by atoms with Gasteiger partial charge in [-0.3, -0.25) is 9.78 Å². The van der Waals surface area contributed by atoms with Crippen molar-refractivity contribution >= 4 is 46.1 Å². The van der Waals surface area contributed by atoms with E-state index in [-0.39, 0.29) is 23.3 Å². The molecule has 5 aromatic rings. The van der Waals surface area contributed by atoms with E-state index in [1.54, 1.807) is 25.4 Å². The number of amides is 1. The fourth-order valence-corrected chi connectivity index (χ4v) is 5.94. The molecule has 47 heavy (non-hydrogen) atoms. The van der Waals surface area contributed by atoms with E-state index >= 15 is 0 Å². The highest BCUT2D eigenvalue weighted by molar-refractivity contribution is 6.36. The second-order valence-electron chi connectivity index (χ2n) is 11.1. The van der Waals surface area contributed by atoms with Crippen molar-refractivity contribution in [2.24, 2.45) is 0 Å². The number of pyridine rings is 2. The summed E-state index contributed by atoms with van der Waals surface area (Å²) in [6.45, 7) is 6.83. The van der Waals surface area contributed by atoms with Crippen LogP contribution in [-0.4, -0.2) is 45.5 Å². The molecule has 1 fully saturated rings. The molecular formula is C35H32ClF2N7O2. The highest BCUT2D eigenvalue weighted by atomic mass is 35.5. The van der Waals surface area contributed by atoms with Crippen LogP contribution in [0, 0.1) is 6.92 Å². The van der Waals surface area contributed by atoms with Crippen LogP contribution in [0.3, 0.4) is 0 Å². The molecule has 12 heteroatoms. The van der Waals surface area contributed by atoms with Crippen molar-refractivity contribution in [3.05, 3.63) is 94.9 Å². The average Bonchev–Trinajstić information content (AvgIpc) is 3.50. The molecule has 1 aliphatic heterocycles. The fourth-order valence-electron chi connectivity index (χ4n) is 5.62. The summed E-state index contributed by atoms with van der Waals surface area (Å²) in [5.74, 6) is 0.128. The molecule has 1 atom stereocenters. The van der Waals surface area contributed by atoms with Gasteiger partial charge in [0.25, 0.3) is 6.43 Å². The first-order chi connectivity index (χ1) is 22.7. The van der Waals surface area contributed by atoms with Gasteiger partial charge < -0.3 is 20.7 Å². The van der Waals surface area contributed by atoms with Crippen LogP contribution in [-0.2, 0) is 11.3 Å². The Bertz CT molecular complexity index is 1990. The topological polar surface area (TPSA) is 114 Å². The minimum atomic E-state index is -2.86. The average molecular weight is 656 g/mol. The molecule has 0 saturated carbocycles. The van der Waals surface area contributed by atoms with Gasteiger partial charge in [0, 0.05) is 54.1 Å². The quantitative estimate of drug-likeness (QED) is 0.135. The first-order valence-corrected chi connectivity index (χ1v) is 15.4.